The molecule has 2 aromatic heterocycles. The highest BCUT2D eigenvalue weighted by Gasteiger charge is 2.15. The Morgan fingerprint density at radius 2 is 1.60 bits per heavy atom. The summed E-state index contributed by atoms with van der Waals surface area (Å²) in [4.78, 5) is 12.4. The number of amides is 1. The van der Waals surface area contributed by atoms with E-state index in [-0.39, 0.29) is 18.1 Å². The van der Waals surface area contributed by atoms with Gasteiger partial charge in [0.05, 0.1) is 20.8 Å². The molecule has 8 nitrogen and oxygen atoms in total. The van der Waals surface area contributed by atoms with Gasteiger partial charge < -0.3 is 23.8 Å². The van der Waals surface area contributed by atoms with Crippen LogP contribution in [0.1, 0.15) is 16.2 Å². The Kier molecular flexibility index (Phi) is 5.47. The zero-order chi connectivity index (χ0) is 20.9. The van der Waals surface area contributed by atoms with Gasteiger partial charge in [0.1, 0.15) is 5.69 Å². The quantitative estimate of drug-likeness (QED) is 0.497. The van der Waals surface area contributed by atoms with E-state index in [0.29, 0.717) is 28.7 Å². The van der Waals surface area contributed by atoms with Crippen LogP contribution in [-0.2, 0) is 6.54 Å². The molecule has 0 saturated carbocycles. The van der Waals surface area contributed by atoms with Crippen molar-refractivity contribution in [2.24, 2.45) is 0 Å². The van der Waals surface area contributed by atoms with Gasteiger partial charge in [0, 0.05) is 23.3 Å². The lowest BCUT2D eigenvalue weighted by atomic mass is 10.1. The van der Waals surface area contributed by atoms with E-state index in [1.807, 2.05) is 36.4 Å². The van der Waals surface area contributed by atoms with Gasteiger partial charge in [0.2, 0.25) is 0 Å². The molecule has 4 aromatic rings. The second-order valence-electron chi connectivity index (χ2n) is 6.38. The molecule has 0 fully saturated rings. The third kappa shape index (κ3) is 4.02. The van der Waals surface area contributed by atoms with Crippen molar-refractivity contribution in [3.8, 4) is 34.1 Å². The SMILES string of the molecule is COc1ccc(-c2cc(CNC(=O)c3cc(-c4ccccc4)on3)no2)cc1OC. The molecule has 0 aliphatic rings. The van der Waals surface area contributed by atoms with Gasteiger partial charge in [-0.2, -0.15) is 0 Å². The molecule has 0 aliphatic heterocycles. The second kappa shape index (κ2) is 8.52. The fraction of sp³-hybridized carbons (Fsp3) is 0.136. The van der Waals surface area contributed by atoms with E-state index >= 15 is 0 Å². The monoisotopic (exact) mass is 405 g/mol. The van der Waals surface area contributed by atoms with Gasteiger partial charge in [-0.05, 0) is 18.2 Å². The highest BCUT2D eigenvalue weighted by atomic mass is 16.5. The van der Waals surface area contributed by atoms with Gasteiger partial charge in [-0.25, -0.2) is 0 Å². The van der Waals surface area contributed by atoms with E-state index < -0.39 is 0 Å². The number of nitrogens with one attached hydrogen (secondary N) is 1. The molecule has 0 radical (unpaired) electrons. The first-order chi connectivity index (χ1) is 14.7. The molecule has 4 rings (SSSR count). The number of ether oxygens (including phenoxy) is 2. The molecule has 0 atom stereocenters. The third-order valence-corrected chi connectivity index (χ3v) is 4.46. The second-order valence-corrected chi connectivity index (χ2v) is 6.38. The van der Waals surface area contributed by atoms with Crippen molar-refractivity contribution in [3.05, 3.63) is 72.1 Å². The number of rotatable bonds is 7. The molecule has 2 heterocycles. The maximum absolute atomic E-state index is 12.4. The molecule has 0 spiro atoms. The molecular formula is C22H19N3O5. The minimum Gasteiger partial charge on any atom is -0.493 e. The highest BCUT2D eigenvalue weighted by Crippen LogP contribution is 2.32. The van der Waals surface area contributed by atoms with E-state index in [4.69, 9.17) is 18.5 Å². The molecule has 0 aliphatic carbocycles. The van der Waals surface area contributed by atoms with E-state index in [9.17, 15) is 4.79 Å². The molecular weight excluding hydrogens is 386 g/mol. The molecule has 0 saturated heterocycles. The lowest BCUT2D eigenvalue weighted by Crippen LogP contribution is -2.23. The number of aromatic nitrogens is 2. The first kappa shape index (κ1) is 19.3. The van der Waals surface area contributed by atoms with E-state index in [1.165, 1.54) is 0 Å². The summed E-state index contributed by atoms with van der Waals surface area (Å²) < 4.78 is 21.2. The zero-order valence-electron chi connectivity index (χ0n) is 16.4. The lowest BCUT2D eigenvalue weighted by Gasteiger charge is -2.07. The largest absolute Gasteiger partial charge is 0.493 e. The normalized spacial score (nSPS) is 10.6. The van der Waals surface area contributed by atoms with E-state index in [1.54, 1.807) is 38.5 Å². The van der Waals surface area contributed by atoms with E-state index in [2.05, 4.69) is 15.6 Å². The molecule has 0 unspecified atom stereocenters. The Bertz CT molecular complexity index is 1150. The van der Waals surface area contributed by atoms with Crippen molar-refractivity contribution in [3.63, 3.8) is 0 Å². The van der Waals surface area contributed by atoms with Crippen molar-refractivity contribution < 1.29 is 23.3 Å². The average Bonchev–Trinajstić information content (AvgIpc) is 3.48. The number of carbonyl (C=O) groups excluding carboxylic acids is 1. The van der Waals surface area contributed by atoms with Gasteiger partial charge in [-0.1, -0.05) is 40.6 Å². The van der Waals surface area contributed by atoms with Crippen LogP contribution in [0.25, 0.3) is 22.6 Å². The van der Waals surface area contributed by atoms with E-state index in [0.717, 1.165) is 11.1 Å². The number of methoxy groups -OCH3 is 2. The van der Waals surface area contributed by atoms with Gasteiger partial charge >= 0.3 is 0 Å². The summed E-state index contributed by atoms with van der Waals surface area (Å²) in [7, 11) is 3.14. The minimum atomic E-state index is -0.364. The Balaban J connectivity index is 1.41. The molecule has 2 aromatic carbocycles. The van der Waals surface area contributed by atoms with Crippen LogP contribution in [0.5, 0.6) is 11.5 Å². The van der Waals surface area contributed by atoms with Crippen LogP contribution in [0.15, 0.2) is 69.7 Å². The molecule has 152 valence electrons. The van der Waals surface area contributed by atoms with Gasteiger partial charge in [-0.15, -0.1) is 0 Å². The standard InChI is InChI=1S/C22H19N3O5/c1-27-18-9-8-15(10-21(18)28-2)19-11-16(24-29-19)13-23-22(26)17-12-20(30-25-17)14-6-4-3-5-7-14/h3-12H,13H2,1-2H3,(H,23,26). The van der Waals surface area contributed by atoms with Crippen molar-refractivity contribution >= 4 is 5.91 Å². The van der Waals surface area contributed by atoms with Crippen LogP contribution in [0, 0.1) is 0 Å². The summed E-state index contributed by atoms with van der Waals surface area (Å²) in [6, 6.07) is 18.2. The van der Waals surface area contributed by atoms with Crippen LogP contribution in [-0.4, -0.2) is 30.4 Å². The smallest absolute Gasteiger partial charge is 0.273 e. The summed E-state index contributed by atoms with van der Waals surface area (Å²) in [5, 5.41) is 10.6. The van der Waals surface area contributed by atoms with Crippen molar-refractivity contribution in [1.29, 1.82) is 0 Å². The maximum atomic E-state index is 12.4. The van der Waals surface area contributed by atoms with Crippen LogP contribution in [0.4, 0.5) is 0 Å². The fourth-order valence-electron chi connectivity index (χ4n) is 2.90. The minimum absolute atomic E-state index is 0.184. The summed E-state index contributed by atoms with van der Waals surface area (Å²) in [5.41, 5.74) is 2.39. The van der Waals surface area contributed by atoms with Crippen LogP contribution in [0.2, 0.25) is 0 Å². The Labute approximate surface area is 172 Å². The van der Waals surface area contributed by atoms with Crippen molar-refractivity contribution in [1.82, 2.24) is 15.6 Å². The molecule has 8 heteroatoms. The van der Waals surface area contributed by atoms with Crippen molar-refractivity contribution in [2.75, 3.05) is 14.2 Å². The number of benzene rings is 2. The van der Waals surface area contributed by atoms with Crippen LogP contribution >= 0.6 is 0 Å². The zero-order valence-corrected chi connectivity index (χ0v) is 16.4. The molecule has 0 bridgehead atoms. The Morgan fingerprint density at radius 1 is 0.867 bits per heavy atom. The van der Waals surface area contributed by atoms with Crippen LogP contribution in [0.3, 0.4) is 0 Å². The summed E-state index contributed by atoms with van der Waals surface area (Å²) in [6.07, 6.45) is 0. The first-order valence-electron chi connectivity index (χ1n) is 9.16. The Morgan fingerprint density at radius 3 is 2.37 bits per heavy atom. The van der Waals surface area contributed by atoms with Crippen LogP contribution < -0.4 is 14.8 Å². The number of hydrogen-bond acceptors (Lipinski definition) is 7. The lowest BCUT2D eigenvalue weighted by molar-refractivity contribution is 0.0941. The predicted octanol–water partition coefficient (Wildman–Crippen LogP) is 3.94. The topological polar surface area (TPSA) is 99.6 Å². The number of nitrogens with zero attached hydrogens (tertiary/aromatic N) is 2. The fourth-order valence-corrected chi connectivity index (χ4v) is 2.90. The van der Waals surface area contributed by atoms with Crippen molar-refractivity contribution in [2.45, 2.75) is 6.54 Å². The number of hydrogen-bond donors (Lipinski definition) is 1. The molecule has 1 N–H and O–H groups in total. The summed E-state index contributed by atoms with van der Waals surface area (Å²) in [5.74, 6) is 1.92. The first-order valence-corrected chi connectivity index (χ1v) is 9.16. The Hall–Kier alpha value is -4.07. The predicted molar refractivity (Wildman–Crippen MR) is 108 cm³/mol. The third-order valence-electron chi connectivity index (χ3n) is 4.46. The maximum Gasteiger partial charge on any atom is 0.273 e. The molecule has 30 heavy (non-hydrogen) atoms. The number of carbonyl (C=O) groups is 1. The summed E-state index contributed by atoms with van der Waals surface area (Å²) in [6.45, 7) is 0.184. The molecule has 1 amide bonds. The highest BCUT2D eigenvalue weighted by molar-refractivity contribution is 5.93. The summed E-state index contributed by atoms with van der Waals surface area (Å²) >= 11 is 0. The van der Waals surface area contributed by atoms with Gasteiger partial charge in [0.25, 0.3) is 5.91 Å². The average molecular weight is 405 g/mol. The van der Waals surface area contributed by atoms with Gasteiger partial charge in [-0.3, -0.25) is 4.79 Å². The van der Waals surface area contributed by atoms with Gasteiger partial charge in [0.15, 0.2) is 28.7 Å².